The Morgan fingerprint density at radius 3 is 2.95 bits per heavy atom. The van der Waals surface area contributed by atoms with E-state index in [2.05, 4.69) is 0 Å². The quantitative estimate of drug-likeness (QED) is 0.623. The van der Waals surface area contributed by atoms with Gasteiger partial charge in [-0.2, -0.15) is 0 Å². The third-order valence-corrected chi connectivity index (χ3v) is 4.24. The van der Waals surface area contributed by atoms with Crippen molar-refractivity contribution in [1.82, 2.24) is 4.90 Å². The van der Waals surface area contributed by atoms with Crippen molar-refractivity contribution in [3.8, 4) is 17.2 Å². The number of likely N-dealkylation sites (N-methyl/N-ethyl adjacent to an activating group) is 1. The summed E-state index contributed by atoms with van der Waals surface area (Å²) in [4.78, 5) is 13.0. The normalized spacial score (nSPS) is 21.8. The van der Waals surface area contributed by atoms with Gasteiger partial charge in [-0.15, -0.1) is 0 Å². The van der Waals surface area contributed by atoms with Crippen LogP contribution >= 0.6 is 0 Å². The van der Waals surface area contributed by atoms with Gasteiger partial charge in [-0.05, 0) is 25.1 Å². The summed E-state index contributed by atoms with van der Waals surface area (Å²) >= 11 is 0. The van der Waals surface area contributed by atoms with Gasteiger partial charge in [0.15, 0.2) is 11.5 Å². The highest BCUT2D eigenvalue weighted by Crippen LogP contribution is 2.50. The Morgan fingerprint density at radius 1 is 1.52 bits per heavy atom. The second-order valence-corrected chi connectivity index (χ2v) is 5.42. The molecule has 2 aliphatic rings. The maximum absolute atomic E-state index is 11.3. The van der Waals surface area contributed by atoms with Crippen LogP contribution in [0, 0.1) is 10.1 Å². The van der Waals surface area contributed by atoms with Gasteiger partial charge in [0.1, 0.15) is 6.04 Å². The highest BCUT2D eigenvalue weighted by molar-refractivity contribution is 5.62. The number of hydrogen-bond acceptors (Lipinski definition) is 6. The van der Waals surface area contributed by atoms with E-state index in [1.165, 1.54) is 0 Å². The SMILES string of the molecule is COc1c2c(cc3c1[C@@H]([C@@H](C)[N+](=O)[O-])N(C)CC3)OCO2. The molecule has 0 aromatic heterocycles. The van der Waals surface area contributed by atoms with Gasteiger partial charge in [0.2, 0.25) is 18.6 Å². The molecule has 0 spiro atoms. The van der Waals surface area contributed by atoms with Gasteiger partial charge in [0.25, 0.3) is 0 Å². The summed E-state index contributed by atoms with van der Waals surface area (Å²) in [5.74, 6) is 1.76. The summed E-state index contributed by atoms with van der Waals surface area (Å²) in [6, 6.07) is 0.851. The van der Waals surface area contributed by atoms with Gasteiger partial charge < -0.3 is 14.2 Å². The molecule has 0 saturated carbocycles. The van der Waals surface area contributed by atoms with Crippen molar-refractivity contribution in [1.29, 1.82) is 0 Å². The summed E-state index contributed by atoms with van der Waals surface area (Å²) < 4.78 is 16.4. The number of fused-ring (bicyclic) bond motifs is 2. The van der Waals surface area contributed by atoms with E-state index < -0.39 is 6.04 Å². The number of rotatable bonds is 3. The largest absolute Gasteiger partial charge is 0.492 e. The first kappa shape index (κ1) is 13.9. The van der Waals surface area contributed by atoms with Crippen LogP contribution in [0.3, 0.4) is 0 Å². The second-order valence-electron chi connectivity index (χ2n) is 5.42. The van der Waals surface area contributed by atoms with Crippen LogP contribution in [0.4, 0.5) is 0 Å². The summed E-state index contributed by atoms with van der Waals surface area (Å²) in [7, 11) is 3.46. The molecule has 0 fully saturated rings. The smallest absolute Gasteiger partial charge is 0.231 e. The van der Waals surface area contributed by atoms with Crippen LogP contribution in [0.5, 0.6) is 17.2 Å². The number of nitrogens with zero attached hydrogens (tertiary/aromatic N) is 2. The Morgan fingerprint density at radius 2 is 2.29 bits per heavy atom. The monoisotopic (exact) mass is 294 g/mol. The van der Waals surface area contributed by atoms with Gasteiger partial charge >= 0.3 is 0 Å². The molecule has 0 saturated heterocycles. The summed E-state index contributed by atoms with van der Waals surface area (Å²) in [6.45, 7) is 2.54. The van der Waals surface area contributed by atoms with E-state index >= 15 is 0 Å². The molecule has 7 heteroatoms. The number of benzene rings is 1. The zero-order chi connectivity index (χ0) is 15.1. The highest BCUT2D eigenvalue weighted by Gasteiger charge is 2.40. The lowest BCUT2D eigenvalue weighted by Crippen LogP contribution is -2.41. The Hall–Kier alpha value is -2.02. The van der Waals surface area contributed by atoms with E-state index in [-0.39, 0.29) is 17.8 Å². The van der Waals surface area contributed by atoms with E-state index in [9.17, 15) is 10.1 Å². The molecule has 0 unspecified atom stereocenters. The minimum Gasteiger partial charge on any atom is -0.492 e. The molecule has 7 nitrogen and oxygen atoms in total. The van der Waals surface area contributed by atoms with Gasteiger partial charge in [0.05, 0.1) is 7.11 Å². The van der Waals surface area contributed by atoms with Crippen LogP contribution in [0.25, 0.3) is 0 Å². The summed E-state index contributed by atoms with van der Waals surface area (Å²) in [5.41, 5.74) is 1.88. The number of hydrogen-bond donors (Lipinski definition) is 0. The molecule has 0 aliphatic carbocycles. The van der Waals surface area contributed by atoms with Crippen LogP contribution in [0.1, 0.15) is 24.1 Å². The Bertz CT molecular complexity index is 589. The van der Waals surface area contributed by atoms with Gasteiger partial charge in [0, 0.05) is 24.0 Å². The van der Waals surface area contributed by atoms with Crippen molar-refractivity contribution >= 4 is 0 Å². The molecule has 21 heavy (non-hydrogen) atoms. The van der Waals surface area contributed by atoms with Crippen molar-refractivity contribution in [2.75, 3.05) is 27.5 Å². The Kier molecular flexibility index (Phi) is 3.36. The minimum absolute atomic E-state index is 0.153. The molecule has 0 amide bonds. The Balaban J connectivity index is 2.18. The zero-order valence-electron chi connectivity index (χ0n) is 12.3. The van der Waals surface area contributed by atoms with Gasteiger partial charge in [-0.3, -0.25) is 15.0 Å². The maximum atomic E-state index is 11.3. The molecule has 2 heterocycles. The van der Waals surface area contributed by atoms with Crippen molar-refractivity contribution in [3.63, 3.8) is 0 Å². The lowest BCUT2D eigenvalue weighted by atomic mass is 9.88. The first-order chi connectivity index (χ1) is 10.0. The van der Waals surface area contributed by atoms with Crippen molar-refractivity contribution < 1.29 is 19.1 Å². The number of nitro groups is 1. The van der Waals surface area contributed by atoms with Crippen molar-refractivity contribution in [2.24, 2.45) is 0 Å². The molecule has 0 radical (unpaired) electrons. The van der Waals surface area contributed by atoms with Gasteiger partial charge in [-0.25, -0.2) is 0 Å². The van der Waals surface area contributed by atoms with E-state index in [1.54, 1.807) is 14.0 Å². The van der Waals surface area contributed by atoms with Crippen LogP contribution in [0.15, 0.2) is 6.07 Å². The fraction of sp³-hybridized carbons (Fsp3) is 0.571. The molecular formula is C14H18N2O5. The lowest BCUT2D eigenvalue weighted by molar-refractivity contribution is -0.527. The maximum Gasteiger partial charge on any atom is 0.231 e. The second kappa shape index (κ2) is 5.07. The molecule has 114 valence electrons. The van der Waals surface area contributed by atoms with E-state index in [0.717, 1.165) is 24.1 Å². The van der Waals surface area contributed by atoms with Crippen LogP contribution in [-0.4, -0.2) is 43.4 Å². The zero-order valence-corrected chi connectivity index (χ0v) is 12.3. The van der Waals surface area contributed by atoms with E-state index in [4.69, 9.17) is 14.2 Å². The van der Waals surface area contributed by atoms with Crippen LogP contribution in [0.2, 0.25) is 0 Å². The molecule has 0 bridgehead atoms. The van der Waals surface area contributed by atoms with Crippen LogP contribution < -0.4 is 14.2 Å². The van der Waals surface area contributed by atoms with E-state index in [1.807, 2.05) is 18.0 Å². The first-order valence-corrected chi connectivity index (χ1v) is 6.87. The predicted molar refractivity (Wildman–Crippen MR) is 74.6 cm³/mol. The number of ether oxygens (including phenoxy) is 3. The average Bonchev–Trinajstić information content (AvgIpc) is 2.92. The fourth-order valence-corrected chi connectivity index (χ4v) is 3.19. The van der Waals surface area contributed by atoms with Crippen molar-refractivity contribution in [2.45, 2.75) is 25.4 Å². The Labute approximate surface area is 122 Å². The third-order valence-electron chi connectivity index (χ3n) is 4.24. The highest BCUT2D eigenvalue weighted by atomic mass is 16.7. The molecule has 1 aromatic carbocycles. The molecule has 3 rings (SSSR count). The average molecular weight is 294 g/mol. The predicted octanol–water partition coefficient (Wildman–Crippen LogP) is 1.62. The minimum atomic E-state index is -0.733. The molecular weight excluding hydrogens is 276 g/mol. The van der Waals surface area contributed by atoms with Crippen LogP contribution in [-0.2, 0) is 6.42 Å². The molecule has 0 N–H and O–H groups in total. The summed E-state index contributed by atoms with van der Waals surface area (Å²) in [6.07, 6.45) is 0.805. The third kappa shape index (κ3) is 2.08. The summed E-state index contributed by atoms with van der Waals surface area (Å²) in [5, 5.41) is 11.3. The first-order valence-electron chi connectivity index (χ1n) is 6.87. The fourth-order valence-electron chi connectivity index (χ4n) is 3.19. The van der Waals surface area contributed by atoms with E-state index in [0.29, 0.717) is 17.2 Å². The lowest BCUT2D eigenvalue weighted by Gasteiger charge is -2.35. The molecule has 1 aromatic rings. The van der Waals surface area contributed by atoms with Crippen molar-refractivity contribution in [3.05, 3.63) is 27.3 Å². The molecule has 2 aliphatic heterocycles. The standard InChI is InChI=1S/C14H18N2O5/c1-8(16(17)18)12-11-9(4-5-15(12)2)6-10-13(14(11)19-3)21-7-20-10/h6,8,12H,4-5,7H2,1-3H3/t8-,12-/m1/s1. The molecule has 2 atom stereocenters. The number of methoxy groups -OCH3 is 1. The topological polar surface area (TPSA) is 74.1 Å². The van der Waals surface area contributed by atoms with Gasteiger partial charge in [-0.1, -0.05) is 0 Å².